The zero-order chi connectivity index (χ0) is 17.6. The van der Waals surface area contributed by atoms with E-state index in [0.29, 0.717) is 18.1 Å². The van der Waals surface area contributed by atoms with Crippen LogP contribution in [0, 0.1) is 5.92 Å². The van der Waals surface area contributed by atoms with Crippen LogP contribution in [0.1, 0.15) is 52.4 Å². The molecule has 3 heterocycles. The molecule has 0 saturated carbocycles. The first-order valence-corrected chi connectivity index (χ1v) is 10.7. The Labute approximate surface area is 155 Å². The highest BCUT2D eigenvalue weighted by Crippen LogP contribution is 2.25. The standard InChI is InChI=1S/C19H31N3O2S/c1-3-15(4-2)18(23)22-10-5-16(6-11-22)21-12-7-17(8-13-21)24-19-20-9-14-25-19/h9,14-17H,3-8,10-13H2,1-2H3. The fourth-order valence-corrected chi connectivity index (χ4v) is 4.67. The molecule has 0 unspecified atom stereocenters. The molecule has 0 spiro atoms. The molecule has 2 aliphatic heterocycles. The molecule has 1 aromatic heterocycles. The van der Waals surface area contributed by atoms with Crippen molar-refractivity contribution in [2.24, 2.45) is 5.92 Å². The summed E-state index contributed by atoms with van der Waals surface area (Å²) < 4.78 is 5.96. The second-order valence-corrected chi connectivity index (χ2v) is 8.08. The van der Waals surface area contributed by atoms with Crippen LogP contribution in [-0.4, -0.2) is 59.0 Å². The second kappa shape index (κ2) is 8.99. The number of thiazole rings is 1. The molecule has 0 aromatic carbocycles. The minimum atomic E-state index is 0.218. The van der Waals surface area contributed by atoms with E-state index in [1.807, 2.05) is 5.38 Å². The molecule has 0 atom stereocenters. The van der Waals surface area contributed by atoms with Gasteiger partial charge in [0.15, 0.2) is 0 Å². The fraction of sp³-hybridized carbons (Fsp3) is 0.789. The number of piperidine rings is 2. The van der Waals surface area contributed by atoms with Crippen LogP contribution in [-0.2, 0) is 4.79 Å². The number of rotatable bonds is 6. The van der Waals surface area contributed by atoms with Crippen LogP contribution in [0.25, 0.3) is 0 Å². The molecule has 0 N–H and O–H groups in total. The van der Waals surface area contributed by atoms with Gasteiger partial charge in [-0.1, -0.05) is 25.2 Å². The average Bonchev–Trinajstić information content (AvgIpc) is 3.16. The zero-order valence-electron chi connectivity index (χ0n) is 15.5. The van der Waals surface area contributed by atoms with E-state index in [0.717, 1.165) is 69.9 Å². The molecule has 6 heteroatoms. The predicted molar refractivity (Wildman–Crippen MR) is 101 cm³/mol. The Hall–Kier alpha value is -1.14. The van der Waals surface area contributed by atoms with E-state index in [2.05, 4.69) is 28.6 Å². The number of likely N-dealkylation sites (tertiary alicyclic amines) is 2. The smallest absolute Gasteiger partial charge is 0.273 e. The summed E-state index contributed by atoms with van der Waals surface area (Å²) in [5.41, 5.74) is 0. The fourth-order valence-electron chi connectivity index (χ4n) is 4.12. The third-order valence-corrected chi connectivity index (χ3v) is 6.44. The van der Waals surface area contributed by atoms with Crippen molar-refractivity contribution in [2.75, 3.05) is 26.2 Å². The van der Waals surface area contributed by atoms with Crippen LogP contribution in [0.15, 0.2) is 11.6 Å². The SMILES string of the molecule is CCC(CC)C(=O)N1CCC(N2CCC(Oc3nccs3)CC2)CC1. The molecule has 2 aliphatic rings. The molecule has 1 aromatic rings. The summed E-state index contributed by atoms with van der Waals surface area (Å²) in [4.78, 5) is 21.5. The Morgan fingerprint density at radius 2 is 1.88 bits per heavy atom. The number of carbonyl (C=O) groups is 1. The van der Waals surface area contributed by atoms with Crippen LogP contribution in [0.3, 0.4) is 0 Å². The lowest BCUT2D eigenvalue weighted by Gasteiger charge is -2.42. The van der Waals surface area contributed by atoms with E-state index in [9.17, 15) is 4.79 Å². The number of hydrogen-bond acceptors (Lipinski definition) is 5. The van der Waals surface area contributed by atoms with E-state index in [1.165, 1.54) is 0 Å². The van der Waals surface area contributed by atoms with E-state index in [-0.39, 0.29) is 5.92 Å². The summed E-state index contributed by atoms with van der Waals surface area (Å²) in [6, 6.07) is 0.631. The Morgan fingerprint density at radius 3 is 2.44 bits per heavy atom. The third-order valence-electron chi connectivity index (χ3n) is 5.78. The van der Waals surface area contributed by atoms with Gasteiger partial charge in [-0.15, -0.1) is 0 Å². The van der Waals surface area contributed by atoms with Gasteiger partial charge in [0.1, 0.15) is 6.10 Å². The molecular weight excluding hydrogens is 334 g/mol. The van der Waals surface area contributed by atoms with Crippen molar-refractivity contribution < 1.29 is 9.53 Å². The average molecular weight is 366 g/mol. The highest BCUT2D eigenvalue weighted by molar-refractivity contribution is 7.11. The Balaban J connectivity index is 1.41. The van der Waals surface area contributed by atoms with Crippen molar-refractivity contribution in [1.82, 2.24) is 14.8 Å². The Kier molecular flexibility index (Phi) is 6.70. The second-order valence-electron chi connectivity index (χ2n) is 7.22. The van der Waals surface area contributed by atoms with Crippen LogP contribution in [0.4, 0.5) is 0 Å². The lowest BCUT2D eigenvalue weighted by atomic mass is 9.96. The van der Waals surface area contributed by atoms with Crippen molar-refractivity contribution in [2.45, 2.75) is 64.5 Å². The van der Waals surface area contributed by atoms with Gasteiger partial charge in [0.05, 0.1) is 0 Å². The first-order valence-electron chi connectivity index (χ1n) is 9.80. The maximum atomic E-state index is 12.5. The molecule has 2 saturated heterocycles. The molecule has 2 fully saturated rings. The third kappa shape index (κ3) is 4.73. The number of aromatic nitrogens is 1. The van der Waals surface area contributed by atoms with Gasteiger partial charge in [-0.2, -0.15) is 0 Å². The molecule has 1 amide bonds. The summed E-state index contributed by atoms with van der Waals surface area (Å²) in [6.45, 7) is 8.29. The van der Waals surface area contributed by atoms with Crippen molar-refractivity contribution in [3.8, 4) is 5.19 Å². The number of amides is 1. The number of hydrogen-bond donors (Lipinski definition) is 0. The predicted octanol–water partition coefficient (Wildman–Crippen LogP) is 3.41. The molecule has 0 radical (unpaired) electrons. The van der Waals surface area contributed by atoms with Gasteiger partial charge in [-0.05, 0) is 38.5 Å². The van der Waals surface area contributed by atoms with E-state index in [4.69, 9.17) is 4.74 Å². The van der Waals surface area contributed by atoms with Crippen molar-refractivity contribution in [1.29, 1.82) is 0 Å². The quantitative estimate of drug-likeness (QED) is 0.775. The first-order chi connectivity index (χ1) is 12.2. The molecule has 0 bridgehead atoms. The van der Waals surface area contributed by atoms with E-state index in [1.54, 1.807) is 17.5 Å². The maximum absolute atomic E-state index is 12.5. The van der Waals surface area contributed by atoms with Crippen molar-refractivity contribution in [3.63, 3.8) is 0 Å². The topological polar surface area (TPSA) is 45.7 Å². The van der Waals surface area contributed by atoms with Gasteiger partial charge < -0.3 is 9.64 Å². The summed E-state index contributed by atoms with van der Waals surface area (Å²) in [7, 11) is 0. The number of nitrogens with zero attached hydrogens (tertiary/aromatic N) is 3. The normalized spacial score (nSPS) is 21.0. The zero-order valence-corrected chi connectivity index (χ0v) is 16.3. The lowest BCUT2D eigenvalue weighted by Crippen LogP contribution is -2.50. The highest BCUT2D eigenvalue weighted by atomic mass is 32.1. The van der Waals surface area contributed by atoms with Crippen molar-refractivity contribution in [3.05, 3.63) is 11.6 Å². The largest absolute Gasteiger partial charge is 0.467 e. The minimum Gasteiger partial charge on any atom is -0.467 e. The number of ether oxygens (including phenoxy) is 1. The Bertz CT molecular complexity index is 517. The monoisotopic (exact) mass is 365 g/mol. The van der Waals surface area contributed by atoms with E-state index >= 15 is 0 Å². The first kappa shape index (κ1) is 18.6. The molecule has 3 rings (SSSR count). The molecule has 0 aliphatic carbocycles. The van der Waals surface area contributed by atoms with Gasteiger partial charge in [-0.25, -0.2) is 4.98 Å². The summed E-state index contributed by atoms with van der Waals surface area (Å²) >= 11 is 1.57. The van der Waals surface area contributed by atoms with Gasteiger partial charge in [0, 0.05) is 49.7 Å². The minimum absolute atomic E-state index is 0.218. The van der Waals surface area contributed by atoms with Gasteiger partial charge in [0.25, 0.3) is 5.19 Å². The van der Waals surface area contributed by atoms with Crippen LogP contribution in [0.2, 0.25) is 0 Å². The molecule has 5 nitrogen and oxygen atoms in total. The highest BCUT2D eigenvalue weighted by Gasteiger charge is 2.31. The maximum Gasteiger partial charge on any atom is 0.273 e. The summed E-state index contributed by atoms with van der Waals surface area (Å²) in [6.07, 6.45) is 8.40. The molecule has 140 valence electrons. The summed E-state index contributed by atoms with van der Waals surface area (Å²) in [5, 5.41) is 2.76. The van der Waals surface area contributed by atoms with Gasteiger partial charge in [-0.3, -0.25) is 9.69 Å². The van der Waals surface area contributed by atoms with Crippen LogP contribution >= 0.6 is 11.3 Å². The van der Waals surface area contributed by atoms with E-state index < -0.39 is 0 Å². The van der Waals surface area contributed by atoms with Gasteiger partial charge in [0.2, 0.25) is 5.91 Å². The Morgan fingerprint density at radius 1 is 1.20 bits per heavy atom. The number of carbonyl (C=O) groups excluding carboxylic acids is 1. The molecular formula is C19H31N3O2S. The van der Waals surface area contributed by atoms with Crippen molar-refractivity contribution >= 4 is 17.2 Å². The van der Waals surface area contributed by atoms with Crippen LogP contribution < -0.4 is 4.74 Å². The molecule has 25 heavy (non-hydrogen) atoms. The lowest BCUT2D eigenvalue weighted by molar-refractivity contribution is -0.137. The summed E-state index contributed by atoms with van der Waals surface area (Å²) in [5.74, 6) is 0.592. The van der Waals surface area contributed by atoms with Gasteiger partial charge >= 0.3 is 0 Å². The van der Waals surface area contributed by atoms with Crippen LogP contribution in [0.5, 0.6) is 5.19 Å².